The van der Waals surface area contributed by atoms with Crippen LogP contribution in [-0.4, -0.2) is 27.4 Å². The Kier molecular flexibility index (Phi) is 6.88. The summed E-state index contributed by atoms with van der Waals surface area (Å²) >= 11 is 0. The van der Waals surface area contributed by atoms with Gasteiger partial charge in [0.15, 0.2) is 0 Å². The fraction of sp³-hybridized carbons (Fsp3) is 0.368. The number of nitrogens with one attached hydrogen (secondary N) is 1. The predicted molar refractivity (Wildman–Crippen MR) is 92.5 cm³/mol. The molecule has 0 saturated carbocycles. The quantitative estimate of drug-likeness (QED) is 0.705. The monoisotopic (exact) mass is 333 g/mol. The summed E-state index contributed by atoms with van der Waals surface area (Å²) in [6.07, 6.45) is 0.841. The number of hydrogen-bond donors (Lipinski definition) is 1. The minimum atomic E-state index is -0.259. The lowest BCUT2D eigenvalue weighted by Gasteiger charge is -2.18. The van der Waals surface area contributed by atoms with E-state index in [1.54, 1.807) is 26.4 Å². The van der Waals surface area contributed by atoms with Crippen LogP contribution in [0.2, 0.25) is 0 Å². The van der Waals surface area contributed by atoms with Crippen LogP contribution in [0.5, 0.6) is 17.2 Å². The van der Waals surface area contributed by atoms with Crippen molar-refractivity contribution in [2.24, 2.45) is 0 Å². The molecule has 0 aliphatic rings. The van der Waals surface area contributed by atoms with Gasteiger partial charge in [0.1, 0.15) is 23.1 Å². The highest BCUT2D eigenvalue weighted by Crippen LogP contribution is 2.29. The van der Waals surface area contributed by atoms with Crippen molar-refractivity contribution in [3.05, 3.63) is 53.8 Å². The van der Waals surface area contributed by atoms with Gasteiger partial charge in [-0.3, -0.25) is 0 Å². The van der Waals surface area contributed by atoms with E-state index in [0.717, 1.165) is 30.0 Å². The molecule has 1 atom stereocenters. The van der Waals surface area contributed by atoms with Gasteiger partial charge in [0.2, 0.25) is 0 Å². The molecule has 1 unspecified atom stereocenters. The molecule has 2 aromatic rings. The van der Waals surface area contributed by atoms with E-state index in [0.29, 0.717) is 12.4 Å². The molecule has 0 aromatic heterocycles. The van der Waals surface area contributed by atoms with Crippen molar-refractivity contribution in [1.29, 1.82) is 0 Å². The summed E-state index contributed by atoms with van der Waals surface area (Å²) in [4.78, 5) is 0. The van der Waals surface area contributed by atoms with Gasteiger partial charge in [0.25, 0.3) is 0 Å². The summed E-state index contributed by atoms with van der Waals surface area (Å²) in [5.74, 6) is 2.06. The van der Waals surface area contributed by atoms with Crippen molar-refractivity contribution in [2.45, 2.75) is 19.4 Å². The molecule has 0 fully saturated rings. The van der Waals surface area contributed by atoms with Gasteiger partial charge >= 0.3 is 0 Å². The van der Waals surface area contributed by atoms with Crippen molar-refractivity contribution in [1.82, 2.24) is 5.32 Å². The molecule has 2 rings (SSSR count). The summed E-state index contributed by atoms with van der Waals surface area (Å²) in [5.41, 5.74) is 1.05. The Morgan fingerprint density at radius 2 is 1.71 bits per heavy atom. The Morgan fingerprint density at radius 1 is 1.00 bits per heavy atom. The van der Waals surface area contributed by atoms with Crippen LogP contribution < -0.4 is 19.5 Å². The second kappa shape index (κ2) is 9.13. The Hall–Kier alpha value is -2.27. The first-order chi connectivity index (χ1) is 11.6. The van der Waals surface area contributed by atoms with E-state index in [1.807, 2.05) is 18.2 Å². The topological polar surface area (TPSA) is 39.7 Å². The number of benzene rings is 2. The molecule has 0 amide bonds. The van der Waals surface area contributed by atoms with Gasteiger partial charge in [-0.2, -0.15) is 0 Å². The first-order valence-corrected chi connectivity index (χ1v) is 7.97. The maximum absolute atomic E-state index is 12.8. The van der Waals surface area contributed by atoms with Crippen LogP contribution in [-0.2, 0) is 0 Å². The van der Waals surface area contributed by atoms with Gasteiger partial charge < -0.3 is 19.5 Å². The average Bonchev–Trinajstić information content (AvgIpc) is 2.62. The minimum absolute atomic E-state index is 0.126. The fourth-order valence-electron chi connectivity index (χ4n) is 2.40. The molecule has 0 aliphatic carbocycles. The van der Waals surface area contributed by atoms with Gasteiger partial charge in [-0.05, 0) is 62.4 Å². The molecule has 2 aromatic carbocycles. The van der Waals surface area contributed by atoms with Gasteiger partial charge in [-0.15, -0.1) is 0 Å². The molecular weight excluding hydrogens is 309 g/mol. The molecule has 0 aliphatic heterocycles. The summed E-state index contributed by atoms with van der Waals surface area (Å²) in [5, 5.41) is 3.44. The first-order valence-electron chi connectivity index (χ1n) is 7.97. The summed E-state index contributed by atoms with van der Waals surface area (Å²) in [6, 6.07) is 11.9. The molecule has 0 spiro atoms. The largest absolute Gasteiger partial charge is 0.497 e. The minimum Gasteiger partial charge on any atom is -0.497 e. The Balaban J connectivity index is 1.78. The van der Waals surface area contributed by atoms with Crippen molar-refractivity contribution in [3.63, 3.8) is 0 Å². The van der Waals surface area contributed by atoms with E-state index in [1.165, 1.54) is 12.1 Å². The van der Waals surface area contributed by atoms with E-state index >= 15 is 0 Å². The Bertz CT molecular complexity index is 631. The third kappa shape index (κ3) is 5.13. The molecule has 4 nitrogen and oxygen atoms in total. The van der Waals surface area contributed by atoms with Gasteiger partial charge in [0, 0.05) is 11.6 Å². The Labute approximate surface area is 142 Å². The second-order valence-electron chi connectivity index (χ2n) is 5.44. The highest BCUT2D eigenvalue weighted by atomic mass is 19.1. The highest BCUT2D eigenvalue weighted by Gasteiger charge is 2.12. The van der Waals surface area contributed by atoms with E-state index in [4.69, 9.17) is 14.2 Å². The summed E-state index contributed by atoms with van der Waals surface area (Å²) in [7, 11) is 3.31. The normalized spacial score (nSPS) is 11.8. The number of halogens is 1. The maximum atomic E-state index is 12.8. The van der Waals surface area contributed by atoms with Crippen LogP contribution in [0.25, 0.3) is 0 Å². The molecule has 130 valence electrons. The smallest absolute Gasteiger partial charge is 0.123 e. The Morgan fingerprint density at radius 3 is 2.38 bits per heavy atom. The molecule has 0 heterocycles. The van der Waals surface area contributed by atoms with Crippen molar-refractivity contribution >= 4 is 0 Å². The number of hydrogen-bond acceptors (Lipinski definition) is 4. The second-order valence-corrected chi connectivity index (χ2v) is 5.44. The average molecular weight is 333 g/mol. The molecular formula is C19H24FNO3. The zero-order chi connectivity index (χ0) is 17.4. The molecule has 1 N–H and O–H groups in total. The number of ether oxygens (including phenoxy) is 3. The zero-order valence-electron chi connectivity index (χ0n) is 14.3. The standard InChI is InChI=1S/C19H24FNO3/c1-14(18-13-17(22-2)9-10-19(18)23-3)21-11-4-12-24-16-7-5-15(20)6-8-16/h5-10,13-14,21H,4,11-12H2,1-3H3. The van der Waals surface area contributed by atoms with Crippen molar-refractivity contribution < 1.29 is 18.6 Å². The summed E-state index contributed by atoms with van der Waals surface area (Å²) < 4.78 is 29.1. The fourth-order valence-corrected chi connectivity index (χ4v) is 2.40. The zero-order valence-corrected chi connectivity index (χ0v) is 14.3. The number of rotatable bonds is 9. The third-order valence-corrected chi connectivity index (χ3v) is 3.76. The van der Waals surface area contributed by atoms with Gasteiger partial charge in [-0.1, -0.05) is 0 Å². The highest BCUT2D eigenvalue weighted by molar-refractivity contribution is 5.42. The maximum Gasteiger partial charge on any atom is 0.123 e. The molecule has 0 bridgehead atoms. The molecule has 0 radical (unpaired) electrons. The van der Waals surface area contributed by atoms with E-state index in [-0.39, 0.29) is 11.9 Å². The van der Waals surface area contributed by atoms with E-state index in [2.05, 4.69) is 12.2 Å². The summed E-state index contributed by atoms with van der Waals surface area (Å²) in [6.45, 7) is 3.45. The van der Waals surface area contributed by atoms with Crippen molar-refractivity contribution in [3.8, 4) is 17.2 Å². The van der Waals surface area contributed by atoms with Crippen LogP contribution in [0.4, 0.5) is 4.39 Å². The van der Waals surface area contributed by atoms with Crippen LogP contribution in [0.15, 0.2) is 42.5 Å². The van der Waals surface area contributed by atoms with Crippen molar-refractivity contribution in [2.75, 3.05) is 27.4 Å². The number of methoxy groups -OCH3 is 2. The van der Waals surface area contributed by atoms with Crippen LogP contribution in [0.1, 0.15) is 24.9 Å². The third-order valence-electron chi connectivity index (χ3n) is 3.76. The van der Waals surface area contributed by atoms with Crippen LogP contribution in [0.3, 0.4) is 0 Å². The lowest BCUT2D eigenvalue weighted by Crippen LogP contribution is -2.22. The van der Waals surface area contributed by atoms with E-state index in [9.17, 15) is 4.39 Å². The van der Waals surface area contributed by atoms with Crippen LogP contribution in [0, 0.1) is 5.82 Å². The first kappa shape index (κ1) is 18.1. The van der Waals surface area contributed by atoms with Crippen LogP contribution >= 0.6 is 0 Å². The molecule has 24 heavy (non-hydrogen) atoms. The lowest BCUT2D eigenvalue weighted by molar-refractivity contribution is 0.304. The van der Waals surface area contributed by atoms with Gasteiger partial charge in [0.05, 0.1) is 20.8 Å². The van der Waals surface area contributed by atoms with Gasteiger partial charge in [-0.25, -0.2) is 4.39 Å². The lowest BCUT2D eigenvalue weighted by atomic mass is 10.1. The molecule has 5 heteroatoms. The molecule has 0 saturated heterocycles. The van der Waals surface area contributed by atoms with E-state index < -0.39 is 0 Å². The predicted octanol–water partition coefficient (Wildman–Crippen LogP) is 3.96. The SMILES string of the molecule is COc1ccc(OC)c(C(C)NCCCOc2ccc(F)cc2)c1.